The van der Waals surface area contributed by atoms with Gasteiger partial charge < -0.3 is 9.94 Å². The number of nitrogens with zero attached hydrogens (tertiary/aromatic N) is 2. The minimum absolute atomic E-state index is 0.0726. The van der Waals surface area contributed by atoms with Crippen LogP contribution in [0.25, 0.3) is 0 Å². The van der Waals surface area contributed by atoms with Crippen molar-refractivity contribution in [2.45, 2.75) is 38.7 Å². The van der Waals surface area contributed by atoms with Crippen molar-refractivity contribution in [3.63, 3.8) is 0 Å². The fourth-order valence-corrected chi connectivity index (χ4v) is 2.99. The van der Waals surface area contributed by atoms with Crippen LogP contribution in [0.1, 0.15) is 27.7 Å². The highest BCUT2D eigenvalue weighted by molar-refractivity contribution is 8.01. The maximum Gasteiger partial charge on any atom is 0.352 e. The van der Waals surface area contributed by atoms with E-state index in [-0.39, 0.29) is 16.8 Å². The van der Waals surface area contributed by atoms with Gasteiger partial charge in [0.25, 0.3) is 5.91 Å². The molecule has 0 saturated carbocycles. The first-order chi connectivity index (χ1) is 8.72. The van der Waals surface area contributed by atoms with Crippen LogP contribution in [-0.4, -0.2) is 44.3 Å². The second kappa shape index (κ2) is 4.56. The summed E-state index contributed by atoms with van der Waals surface area (Å²) in [6.45, 7) is 7.22. The third-order valence-electron chi connectivity index (χ3n) is 2.63. The first kappa shape index (κ1) is 13.9. The van der Waals surface area contributed by atoms with Crippen LogP contribution in [0.4, 0.5) is 0 Å². The monoisotopic (exact) mass is 284 g/mol. The van der Waals surface area contributed by atoms with E-state index in [1.165, 1.54) is 16.7 Å². The number of amides is 1. The third kappa shape index (κ3) is 2.47. The van der Waals surface area contributed by atoms with Crippen molar-refractivity contribution in [2.75, 3.05) is 5.75 Å². The van der Waals surface area contributed by atoms with Gasteiger partial charge in [-0.05, 0) is 33.3 Å². The first-order valence-electron chi connectivity index (χ1n) is 5.86. The predicted octanol–water partition coefficient (Wildman–Crippen LogP) is 1.43. The van der Waals surface area contributed by atoms with Gasteiger partial charge in [0, 0.05) is 5.75 Å². The molecule has 1 N–H and O–H groups in total. The fraction of sp³-hybridized carbons (Fsp3) is 0.583. The van der Waals surface area contributed by atoms with E-state index in [0.29, 0.717) is 11.3 Å². The summed E-state index contributed by atoms with van der Waals surface area (Å²) in [5.74, 6) is -0.893. The van der Waals surface area contributed by atoms with Crippen molar-refractivity contribution in [1.82, 2.24) is 4.90 Å². The highest BCUT2D eigenvalue weighted by Gasteiger charge is 2.51. The molecule has 0 aromatic carbocycles. The topological polar surface area (TPSA) is 79.2 Å². The van der Waals surface area contributed by atoms with E-state index in [2.05, 4.69) is 5.16 Å². The Labute approximate surface area is 115 Å². The number of carboxylic acids is 1. The minimum Gasteiger partial charge on any atom is -0.477 e. The van der Waals surface area contributed by atoms with E-state index >= 15 is 0 Å². The SMILES string of the molecule is CC1=C(C(=O)O)N2C(=O)/C(=N\OC(C)(C)C)[C@H]2SC1. The summed E-state index contributed by atoms with van der Waals surface area (Å²) in [6, 6.07) is 0. The van der Waals surface area contributed by atoms with Crippen LogP contribution in [0, 0.1) is 0 Å². The molecule has 2 aliphatic rings. The van der Waals surface area contributed by atoms with Gasteiger partial charge in [-0.2, -0.15) is 0 Å². The number of β-lactam (4-membered cyclic amide) rings is 1. The summed E-state index contributed by atoms with van der Waals surface area (Å²) >= 11 is 1.48. The molecule has 2 heterocycles. The Balaban J connectivity index is 2.23. The molecule has 0 aromatic rings. The van der Waals surface area contributed by atoms with Crippen LogP contribution in [0.15, 0.2) is 16.4 Å². The van der Waals surface area contributed by atoms with Crippen LogP contribution in [0.5, 0.6) is 0 Å². The Bertz CT molecular complexity index is 504. The molecule has 6 nitrogen and oxygen atoms in total. The largest absolute Gasteiger partial charge is 0.477 e. The Hall–Kier alpha value is -1.50. The molecule has 2 rings (SSSR count). The molecule has 1 saturated heterocycles. The molecule has 0 bridgehead atoms. The summed E-state index contributed by atoms with van der Waals surface area (Å²) in [7, 11) is 0. The summed E-state index contributed by atoms with van der Waals surface area (Å²) in [5, 5.41) is 12.7. The van der Waals surface area contributed by atoms with Gasteiger partial charge in [-0.15, -0.1) is 11.8 Å². The second-order valence-electron chi connectivity index (χ2n) is 5.45. The zero-order valence-electron chi connectivity index (χ0n) is 11.3. The number of rotatable bonds is 2. The molecule has 1 amide bonds. The maximum atomic E-state index is 12.0. The van der Waals surface area contributed by atoms with Gasteiger partial charge >= 0.3 is 5.97 Å². The smallest absolute Gasteiger partial charge is 0.352 e. The molecule has 7 heteroatoms. The summed E-state index contributed by atoms with van der Waals surface area (Å²) in [4.78, 5) is 29.7. The molecule has 1 atom stereocenters. The van der Waals surface area contributed by atoms with Crippen molar-refractivity contribution in [3.8, 4) is 0 Å². The Morgan fingerprint density at radius 1 is 1.53 bits per heavy atom. The quantitative estimate of drug-likeness (QED) is 0.613. The van der Waals surface area contributed by atoms with E-state index in [0.717, 1.165) is 0 Å². The molecule has 0 spiro atoms. The van der Waals surface area contributed by atoms with E-state index < -0.39 is 17.5 Å². The van der Waals surface area contributed by atoms with Crippen molar-refractivity contribution in [2.24, 2.45) is 5.16 Å². The standard InChI is InChI=1S/C12H16N2O4S/c1-6-5-19-10-7(13-18-12(2,3)4)9(15)14(10)8(6)11(16)17/h10H,5H2,1-4H3,(H,16,17)/b13-7+/t10-/m1/s1. The lowest BCUT2D eigenvalue weighted by Crippen LogP contribution is -2.62. The minimum atomic E-state index is -1.08. The van der Waals surface area contributed by atoms with E-state index in [4.69, 9.17) is 9.94 Å². The number of carbonyl (C=O) groups excluding carboxylic acids is 1. The Morgan fingerprint density at radius 2 is 2.16 bits per heavy atom. The number of carboxylic acid groups (broad SMARTS) is 1. The predicted molar refractivity (Wildman–Crippen MR) is 71.7 cm³/mol. The molecular weight excluding hydrogens is 268 g/mol. The molecule has 0 aromatic heterocycles. The number of carbonyl (C=O) groups is 2. The van der Waals surface area contributed by atoms with Gasteiger partial charge in [0.1, 0.15) is 16.7 Å². The van der Waals surface area contributed by atoms with Crippen molar-refractivity contribution < 1.29 is 19.5 Å². The number of thioether (sulfide) groups is 1. The summed E-state index contributed by atoms with van der Waals surface area (Å²) in [6.07, 6.45) is 0. The molecule has 1 fully saturated rings. The molecule has 0 unspecified atom stereocenters. The zero-order valence-corrected chi connectivity index (χ0v) is 12.1. The average molecular weight is 284 g/mol. The van der Waals surface area contributed by atoms with Gasteiger partial charge in [0.05, 0.1) is 0 Å². The van der Waals surface area contributed by atoms with Gasteiger partial charge in [-0.25, -0.2) is 4.79 Å². The highest BCUT2D eigenvalue weighted by Crippen LogP contribution is 2.38. The molecular formula is C12H16N2O4S. The van der Waals surface area contributed by atoms with Crippen LogP contribution in [-0.2, 0) is 14.4 Å². The van der Waals surface area contributed by atoms with Crippen molar-refractivity contribution in [3.05, 3.63) is 11.3 Å². The van der Waals surface area contributed by atoms with Crippen LogP contribution in [0.2, 0.25) is 0 Å². The number of fused-ring (bicyclic) bond motifs is 1. The zero-order chi connectivity index (χ0) is 14.4. The second-order valence-corrected chi connectivity index (χ2v) is 6.52. The van der Waals surface area contributed by atoms with Crippen molar-refractivity contribution >= 4 is 29.4 Å². The van der Waals surface area contributed by atoms with Crippen LogP contribution < -0.4 is 0 Å². The molecule has 0 aliphatic carbocycles. The van der Waals surface area contributed by atoms with Gasteiger partial charge in [-0.1, -0.05) is 5.16 Å². The average Bonchev–Trinajstić information content (AvgIpc) is 2.27. The normalized spacial score (nSPS) is 25.3. The van der Waals surface area contributed by atoms with Crippen molar-refractivity contribution in [1.29, 1.82) is 0 Å². The van der Waals surface area contributed by atoms with Gasteiger partial charge in [-0.3, -0.25) is 9.69 Å². The van der Waals surface area contributed by atoms with Gasteiger partial charge in [0.2, 0.25) is 0 Å². The molecule has 0 radical (unpaired) electrons. The summed E-state index contributed by atoms with van der Waals surface area (Å²) in [5.41, 5.74) is 0.571. The number of oxime groups is 1. The molecule has 19 heavy (non-hydrogen) atoms. The lowest BCUT2D eigenvalue weighted by atomic mass is 10.1. The number of aliphatic carboxylic acids is 1. The lowest BCUT2D eigenvalue weighted by molar-refractivity contribution is -0.139. The maximum absolute atomic E-state index is 12.0. The molecule has 2 aliphatic heterocycles. The summed E-state index contributed by atoms with van der Waals surface area (Å²) < 4.78 is 0. The third-order valence-corrected chi connectivity index (χ3v) is 3.98. The fourth-order valence-electron chi connectivity index (χ4n) is 1.80. The Kier molecular flexibility index (Phi) is 3.34. The highest BCUT2D eigenvalue weighted by atomic mass is 32.2. The van der Waals surface area contributed by atoms with E-state index in [1.807, 2.05) is 20.8 Å². The van der Waals surface area contributed by atoms with Crippen LogP contribution in [0.3, 0.4) is 0 Å². The Morgan fingerprint density at radius 3 is 2.68 bits per heavy atom. The van der Waals surface area contributed by atoms with Crippen LogP contribution >= 0.6 is 11.8 Å². The number of hydrogen-bond donors (Lipinski definition) is 1. The van der Waals surface area contributed by atoms with Gasteiger partial charge in [0.15, 0.2) is 5.71 Å². The first-order valence-corrected chi connectivity index (χ1v) is 6.91. The lowest BCUT2D eigenvalue weighted by Gasteiger charge is -2.43. The molecule has 104 valence electrons. The number of hydrogen-bond acceptors (Lipinski definition) is 5. The van der Waals surface area contributed by atoms with E-state index in [1.54, 1.807) is 6.92 Å². The van der Waals surface area contributed by atoms with E-state index in [9.17, 15) is 9.59 Å².